The second-order valence-electron chi connectivity index (χ2n) is 8.95. The molecule has 0 bridgehead atoms. The molecule has 0 radical (unpaired) electrons. The second-order valence-corrected chi connectivity index (χ2v) is 9.81. The van der Waals surface area contributed by atoms with E-state index in [4.69, 9.17) is 23.9 Å². The Bertz CT molecular complexity index is 1360. The van der Waals surface area contributed by atoms with Gasteiger partial charge in [0.25, 0.3) is 0 Å². The van der Waals surface area contributed by atoms with Gasteiger partial charge in [-0.15, -0.1) is 28.3 Å². The van der Waals surface area contributed by atoms with Crippen LogP contribution >= 0.6 is 28.3 Å². The van der Waals surface area contributed by atoms with Crippen molar-refractivity contribution in [1.82, 2.24) is 10.3 Å². The lowest BCUT2D eigenvalue weighted by Crippen LogP contribution is -2.60. The Morgan fingerprint density at radius 1 is 1.00 bits per heavy atom. The number of carbonyl (C=O) groups is 2. The molecule has 208 valence electrons. The number of hydrogen-bond acceptors (Lipinski definition) is 10. The van der Waals surface area contributed by atoms with E-state index in [0.29, 0.717) is 33.6 Å². The summed E-state index contributed by atoms with van der Waals surface area (Å²) in [6.07, 6.45) is 0. The maximum atomic E-state index is 13.4. The van der Waals surface area contributed by atoms with E-state index in [9.17, 15) is 9.59 Å². The molecular formula is C28H32BrN3O6S. The van der Waals surface area contributed by atoms with Crippen molar-refractivity contribution in [3.63, 3.8) is 0 Å². The lowest BCUT2D eigenvalue weighted by atomic mass is 9.70. The minimum atomic E-state index is -0.892. The molecule has 0 amide bonds. The number of esters is 2. The van der Waals surface area contributed by atoms with E-state index in [1.165, 1.54) is 25.6 Å². The standard InChI is InChI=1S/C28H31N3O6S.BrH/c1-16-22(25(32)36-5)24(23(26(33)37-6)28(2,31-16)18-10-8-7-9-11-18)30-27-29-19(15-38-27)17-12-13-20(34-3)21(14-17)35-4;/h7-15,23-24,31H,1-6H3,(H,29,30);1H. The molecule has 11 heteroatoms. The highest BCUT2D eigenvalue weighted by Gasteiger charge is 2.52. The average Bonchev–Trinajstić information content (AvgIpc) is 3.41. The third-order valence-electron chi connectivity index (χ3n) is 6.81. The molecule has 3 aromatic rings. The van der Waals surface area contributed by atoms with Gasteiger partial charge in [-0.2, -0.15) is 0 Å². The summed E-state index contributed by atoms with van der Waals surface area (Å²) in [6.45, 7) is 3.72. The van der Waals surface area contributed by atoms with Crippen LogP contribution in [-0.4, -0.2) is 51.4 Å². The Morgan fingerprint density at radius 3 is 2.31 bits per heavy atom. The molecular weight excluding hydrogens is 586 g/mol. The highest BCUT2D eigenvalue weighted by molar-refractivity contribution is 8.93. The molecule has 3 atom stereocenters. The number of benzene rings is 2. The smallest absolute Gasteiger partial charge is 0.337 e. The summed E-state index contributed by atoms with van der Waals surface area (Å²) in [5.41, 5.74) is 2.41. The topological polar surface area (TPSA) is 108 Å². The molecule has 9 nitrogen and oxygen atoms in total. The molecule has 4 rings (SSSR count). The molecule has 1 aliphatic rings. The Kier molecular flexibility index (Phi) is 9.63. The number of anilines is 1. The Morgan fingerprint density at radius 2 is 1.69 bits per heavy atom. The first-order valence-corrected chi connectivity index (χ1v) is 12.8. The van der Waals surface area contributed by atoms with Gasteiger partial charge in [-0.1, -0.05) is 30.3 Å². The SMILES string of the molecule is Br.COC(=O)C1=C(C)NC(C)(c2ccccc2)C(C(=O)OC)C1Nc1nc(-c2ccc(OC)c(OC)c2)cs1. The number of carbonyl (C=O) groups excluding carboxylic acids is 2. The van der Waals surface area contributed by atoms with E-state index in [1.807, 2.05) is 60.8 Å². The van der Waals surface area contributed by atoms with Crippen LogP contribution in [0.4, 0.5) is 5.13 Å². The molecule has 1 aliphatic heterocycles. The van der Waals surface area contributed by atoms with Gasteiger partial charge in [-0.05, 0) is 37.6 Å². The van der Waals surface area contributed by atoms with Crippen LogP contribution in [-0.2, 0) is 24.6 Å². The molecule has 0 fully saturated rings. The normalized spacial score (nSPS) is 20.3. The number of nitrogens with one attached hydrogen (secondary N) is 2. The van der Waals surface area contributed by atoms with Crippen molar-refractivity contribution in [2.45, 2.75) is 25.4 Å². The zero-order valence-electron chi connectivity index (χ0n) is 22.6. The fourth-order valence-corrected chi connectivity index (χ4v) is 5.71. The first-order valence-electron chi connectivity index (χ1n) is 11.9. The zero-order valence-corrected chi connectivity index (χ0v) is 25.1. The van der Waals surface area contributed by atoms with Crippen LogP contribution in [0.2, 0.25) is 0 Å². The molecule has 39 heavy (non-hydrogen) atoms. The highest BCUT2D eigenvalue weighted by atomic mass is 79.9. The summed E-state index contributed by atoms with van der Waals surface area (Å²) in [6, 6.07) is 14.4. The van der Waals surface area contributed by atoms with Crippen molar-refractivity contribution in [2.75, 3.05) is 33.8 Å². The molecule has 2 aromatic carbocycles. The summed E-state index contributed by atoms with van der Waals surface area (Å²) < 4.78 is 21.1. The van der Waals surface area contributed by atoms with Crippen LogP contribution in [0.5, 0.6) is 11.5 Å². The summed E-state index contributed by atoms with van der Waals surface area (Å²) in [4.78, 5) is 31.1. The number of thiazole rings is 1. The molecule has 1 aromatic heterocycles. The first kappa shape index (κ1) is 30.0. The Labute approximate surface area is 242 Å². The van der Waals surface area contributed by atoms with Crippen LogP contribution < -0.4 is 20.1 Å². The van der Waals surface area contributed by atoms with E-state index in [0.717, 1.165) is 11.1 Å². The molecule has 0 saturated carbocycles. The second kappa shape index (κ2) is 12.5. The maximum absolute atomic E-state index is 13.4. The number of methoxy groups -OCH3 is 4. The van der Waals surface area contributed by atoms with Gasteiger partial charge in [-0.25, -0.2) is 9.78 Å². The van der Waals surface area contributed by atoms with Crippen molar-refractivity contribution in [3.05, 3.63) is 70.7 Å². The van der Waals surface area contributed by atoms with E-state index < -0.39 is 29.4 Å². The molecule has 0 aliphatic carbocycles. The fourth-order valence-electron chi connectivity index (χ4n) is 4.95. The van der Waals surface area contributed by atoms with E-state index >= 15 is 0 Å². The first-order chi connectivity index (χ1) is 18.3. The summed E-state index contributed by atoms with van der Waals surface area (Å²) in [5.74, 6) is -0.660. The van der Waals surface area contributed by atoms with E-state index in [1.54, 1.807) is 21.1 Å². The number of allylic oxidation sites excluding steroid dienone is 1. The number of nitrogens with zero attached hydrogens (tertiary/aromatic N) is 1. The van der Waals surface area contributed by atoms with Gasteiger partial charge in [0.05, 0.1) is 51.3 Å². The number of ether oxygens (including phenoxy) is 4. The van der Waals surface area contributed by atoms with Crippen LogP contribution in [0.15, 0.2) is 65.2 Å². The minimum absolute atomic E-state index is 0. The van der Waals surface area contributed by atoms with Crippen molar-refractivity contribution in [1.29, 1.82) is 0 Å². The van der Waals surface area contributed by atoms with Crippen molar-refractivity contribution < 1.29 is 28.5 Å². The predicted octanol–water partition coefficient (Wildman–Crippen LogP) is 4.94. The van der Waals surface area contributed by atoms with Gasteiger partial charge in [0.15, 0.2) is 16.6 Å². The maximum Gasteiger partial charge on any atom is 0.337 e. The van der Waals surface area contributed by atoms with Crippen LogP contribution in [0.1, 0.15) is 19.4 Å². The van der Waals surface area contributed by atoms with Crippen molar-refractivity contribution in [2.24, 2.45) is 5.92 Å². The third-order valence-corrected chi connectivity index (χ3v) is 7.59. The number of hydrogen-bond donors (Lipinski definition) is 2. The summed E-state index contributed by atoms with van der Waals surface area (Å²) in [5, 5.41) is 9.18. The van der Waals surface area contributed by atoms with Crippen molar-refractivity contribution >= 4 is 45.4 Å². The van der Waals surface area contributed by atoms with Crippen molar-refractivity contribution in [3.8, 4) is 22.8 Å². The predicted molar refractivity (Wildman–Crippen MR) is 156 cm³/mol. The molecule has 2 heterocycles. The van der Waals surface area contributed by atoms with Gasteiger partial charge in [-0.3, -0.25) is 4.79 Å². The lowest BCUT2D eigenvalue weighted by Gasteiger charge is -2.46. The number of halogens is 1. The Balaban J connectivity index is 0.00000420. The lowest BCUT2D eigenvalue weighted by molar-refractivity contribution is -0.149. The van der Waals surface area contributed by atoms with Crippen LogP contribution in [0, 0.1) is 5.92 Å². The number of rotatable bonds is 8. The van der Waals surface area contributed by atoms with Gasteiger partial charge in [0, 0.05) is 16.6 Å². The average molecular weight is 619 g/mol. The van der Waals surface area contributed by atoms with E-state index in [-0.39, 0.29) is 17.0 Å². The third kappa shape index (κ3) is 5.74. The van der Waals surface area contributed by atoms with Crippen LogP contribution in [0.25, 0.3) is 11.3 Å². The zero-order chi connectivity index (χ0) is 27.4. The minimum Gasteiger partial charge on any atom is -0.493 e. The summed E-state index contributed by atoms with van der Waals surface area (Å²) >= 11 is 1.36. The van der Waals surface area contributed by atoms with Gasteiger partial charge >= 0.3 is 11.9 Å². The fraction of sp³-hybridized carbons (Fsp3) is 0.321. The van der Waals surface area contributed by atoms with Crippen LogP contribution in [0.3, 0.4) is 0 Å². The molecule has 3 unspecified atom stereocenters. The molecule has 0 saturated heterocycles. The van der Waals surface area contributed by atoms with Gasteiger partial charge in [0.1, 0.15) is 5.92 Å². The molecule has 0 spiro atoms. The van der Waals surface area contributed by atoms with Gasteiger partial charge < -0.3 is 29.6 Å². The Hall–Kier alpha value is -3.57. The summed E-state index contributed by atoms with van der Waals surface area (Å²) in [7, 11) is 5.81. The highest BCUT2D eigenvalue weighted by Crippen LogP contribution is 2.42. The number of aromatic nitrogens is 1. The molecule has 2 N–H and O–H groups in total. The largest absolute Gasteiger partial charge is 0.493 e. The van der Waals surface area contributed by atoms with E-state index in [2.05, 4.69) is 10.6 Å². The van der Waals surface area contributed by atoms with Gasteiger partial charge in [0.2, 0.25) is 0 Å². The quantitative estimate of drug-likeness (QED) is 0.340. The monoisotopic (exact) mass is 617 g/mol.